The Bertz CT molecular complexity index is 1610. The van der Waals surface area contributed by atoms with Gasteiger partial charge in [-0.3, -0.25) is 4.98 Å². The van der Waals surface area contributed by atoms with Crippen LogP contribution in [0.4, 0.5) is 4.39 Å². The van der Waals surface area contributed by atoms with Gasteiger partial charge in [0.15, 0.2) is 0 Å². The van der Waals surface area contributed by atoms with Gasteiger partial charge in [-0.2, -0.15) is 0 Å². The van der Waals surface area contributed by atoms with Crippen LogP contribution in [0.1, 0.15) is 49.6 Å². The Kier molecular flexibility index (Phi) is 6.04. The molecule has 1 fully saturated rings. The molecule has 5 aromatic rings. The summed E-state index contributed by atoms with van der Waals surface area (Å²) in [6, 6.07) is 15.9. The first-order valence-corrected chi connectivity index (χ1v) is 13.1. The lowest BCUT2D eigenvalue weighted by Gasteiger charge is -2.33. The number of aryl methyl sites for hydroxylation is 2. The van der Waals surface area contributed by atoms with Crippen molar-refractivity contribution >= 4 is 21.9 Å². The van der Waals surface area contributed by atoms with E-state index in [1.165, 1.54) is 5.56 Å². The van der Waals surface area contributed by atoms with Crippen molar-refractivity contribution in [2.45, 2.75) is 45.3 Å². The maximum atomic E-state index is 15.8. The second-order valence-corrected chi connectivity index (χ2v) is 10.8. The number of rotatable bonds is 5. The number of hydrogen-bond acceptors (Lipinski definition) is 5. The Morgan fingerprint density at radius 1 is 1.08 bits per heavy atom. The summed E-state index contributed by atoms with van der Waals surface area (Å²) in [5.41, 5.74) is 5.05. The van der Waals surface area contributed by atoms with E-state index in [-0.39, 0.29) is 11.9 Å². The summed E-state index contributed by atoms with van der Waals surface area (Å²) in [4.78, 5) is 4.78. The van der Waals surface area contributed by atoms with Gasteiger partial charge in [0.05, 0.1) is 39.6 Å². The van der Waals surface area contributed by atoms with Crippen molar-refractivity contribution in [1.29, 1.82) is 0 Å². The highest BCUT2D eigenvalue weighted by molar-refractivity contribution is 6.07. The molecule has 0 unspecified atom stereocenters. The van der Waals surface area contributed by atoms with Gasteiger partial charge < -0.3 is 14.4 Å². The number of aliphatic hydroxyl groups is 1. The number of halogens is 1. The molecule has 0 aliphatic carbocycles. The van der Waals surface area contributed by atoms with Crippen LogP contribution in [0, 0.1) is 18.7 Å². The summed E-state index contributed by atoms with van der Waals surface area (Å²) in [7, 11) is 1.78. The molecule has 1 aliphatic rings. The average molecular weight is 514 g/mol. The number of benzene rings is 2. The third-order valence-electron chi connectivity index (χ3n) is 7.82. The van der Waals surface area contributed by atoms with E-state index < -0.39 is 5.60 Å². The van der Waals surface area contributed by atoms with Gasteiger partial charge in [-0.05, 0) is 63.3 Å². The zero-order valence-corrected chi connectivity index (χ0v) is 22.1. The van der Waals surface area contributed by atoms with Crippen LogP contribution in [0.15, 0.2) is 54.7 Å². The van der Waals surface area contributed by atoms with E-state index in [1.807, 2.05) is 25.1 Å². The van der Waals surface area contributed by atoms with E-state index in [4.69, 9.17) is 9.72 Å². The summed E-state index contributed by atoms with van der Waals surface area (Å²) in [6.07, 6.45) is 3.52. The second kappa shape index (κ2) is 9.29. The highest BCUT2D eigenvalue weighted by Gasteiger charge is 2.31. The third-order valence-corrected chi connectivity index (χ3v) is 7.82. The summed E-state index contributed by atoms with van der Waals surface area (Å²) in [5, 5.41) is 19.9. The fourth-order valence-corrected chi connectivity index (χ4v) is 5.88. The molecule has 38 heavy (non-hydrogen) atoms. The molecular formula is C30H32FN5O2. The molecule has 1 aliphatic heterocycles. The van der Waals surface area contributed by atoms with Crippen LogP contribution in [0.3, 0.4) is 0 Å². The predicted molar refractivity (Wildman–Crippen MR) is 145 cm³/mol. The molecule has 3 aromatic heterocycles. The Morgan fingerprint density at radius 3 is 2.47 bits per heavy atom. The van der Waals surface area contributed by atoms with Gasteiger partial charge in [0.25, 0.3) is 0 Å². The maximum Gasteiger partial charge on any atom is 0.133 e. The molecule has 7 nitrogen and oxygen atoms in total. The Balaban J connectivity index is 1.72. The molecule has 1 N–H and O–H groups in total. The van der Waals surface area contributed by atoms with Crippen LogP contribution >= 0.6 is 0 Å². The second-order valence-electron chi connectivity index (χ2n) is 10.8. The van der Waals surface area contributed by atoms with Crippen molar-refractivity contribution in [3.63, 3.8) is 0 Å². The molecule has 6 rings (SSSR count). The van der Waals surface area contributed by atoms with Gasteiger partial charge in [-0.15, -0.1) is 5.10 Å². The van der Waals surface area contributed by atoms with E-state index >= 15 is 4.39 Å². The largest absolute Gasteiger partial charge is 0.386 e. The van der Waals surface area contributed by atoms with Crippen molar-refractivity contribution in [2.75, 3.05) is 13.2 Å². The van der Waals surface area contributed by atoms with E-state index in [2.05, 4.69) is 39.1 Å². The fourth-order valence-electron chi connectivity index (χ4n) is 5.88. The van der Waals surface area contributed by atoms with E-state index in [1.54, 1.807) is 37.8 Å². The Morgan fingerprint density at radius 2 is 1.82 bits per heavy atom. The molecule has 0 radical (unpaired) electrons. The van der Waals surface area contributed by atoms with E-state index in [0.29, 0.717) is 47.2 Å². The first kappa shape index (κ1) is 24.7. The molecule has 1 saturated heterocycles. The topological polar surface area (TPSA) is 78.0 Å². The molecule has 0 spiro atoms. The highest BCUT2D eigenvalue weighted by Crippen LogP contribution is 2.42. The van der Waals surface area contributed by atoms with Crippen LogP contribution in [0.5, 0.6) is 0 Å². The molecule has 1 atom stereocenters. The molecular weight excluding hydrogens is 481 g/mol. The Labute approximate surface area is 220 Å². The minimum atomic E-state index is -1.07. The number of fused-ring (bicyclic) bond motifs is 3. The number of hydrogen-bond donors (Lipinski definition) is 1. The smallest absolute Gasteiger partial charge is 0.133 e. The fraction of sp³-hybridized carbons (Fsp3) is 0.367. The minimum absolute atomic E-state index is 0.0250. The van der Waals surface area contributed by atoms with E-state index in [0.717, 1.165) is 29.3 Å². The average Bonchev–Trinajstić information content (AvgIpc) is 3.40. The SMILES string of the molecule is Cc1nnn(C)c1-c1cc2c(cc1F)c1ncc(C(C)(C)O)cc1n2[C@H](c1ccccc1)C1CCOCC1. The van der Waals surface area contributed by atoms with Crippen LogP contribution in [0.25, 0.3) is 33.2 Å². The van der Waals surface area contributed by atoms with Gasteiger partial charge in [0.2, 0.25) is 0 Å². The van der Waals surface area contributed by atoms with Gasteiger partial charge in [-0.1, -0.05) is 35.5 Å². The summed E-state index contributed by atoms with van der Waals surface area (Å²) in [5.74, 6) is -0.0370. The lowest BCUT2D eigenvalue weighted by Crippen LogP contribution is -2.27. The molecule has 0 bridgehead atoms. The standard InChI is InChI=1S/C30H32FN5O2/c1-18-28(35(4)34-33-18)22-16-25-23(15-24(22)31)27-26(14-21(17-32-27)30(2,3)37)36(25)29(19-8-6-5-7-9-19)20-10-12-38-13-11-20/h5-9,14-17,20,29,37H,10-13H2,1-4H3/t29-/m1/s1. The first-order chi connectivity index (χ1) is 18.2. The molecule has 8 heteroatoms. The van der Waals surface area contributed by atoms with Crippen LogP contribution in [0.2, 0.25) is 0 Å². The highest BCUT2D eigenvalue weighted by atomic mass is 19.1. The number of aromatic nitrogens is 5. The van der Waals surface area contributed by atoms with Gasteiger partial charge in [0, 0.05) is 43.0 Å². The normalized spacial score (nSPS) is 15.9. The summed E-state index contributed by atoms with van der Waals surface area (Å²) >= 11 is 0. The van der Waals surface area contributed by atoms with Crippen molar-refractivity contribution in [3.8, 4) is 11.3 Å². The molecule has 0 amide bonds. The van der Waals surface area contributed by atoms with Crippen molar-refractivity contribution in [3.05, 3.63) is 77.4 Å². The maximum absolute atomic E-state index is 15.8. The zero-order valence-electron chi connectivity index (χ0n) is 22.1. The van der Waals surface area contributed by atoms with Gasteiger partial charge >= 0.3 is 0 Å². The van der Waals surface area contributed by atoms with Gasteiger partial charge in [0.1, 0.15) is 5.82 Å². The monoisotopic (exact) mass is 513 g/mol. The molecule has 2 aromatic carbocycles. The molecule has 196 valence electrons. The Hall–Kier alpha value is -3.62. The quantitative estimate of drug-likeness (QED) is 0.327. The van der Waals surface area contributed by atoms with Crippen molar-refractivity contribution in [1.82, 2.24) is 24.5 Å². The lowest BCUT2D eigenvalue weighted by atomic mass is 9.86. The minimum Gasteiger partial charge on any atom is -0.386 e. The number of pyridine rings is 1. The summed E-state index contributed by atoms with van der Waals surface area (Å²) < 4.78 is 25.4. The van der Waals surface area contributed by atoms with Crippen LogP contribution in [-0.4, -0.2) is 42.9 Å². The van der Waals surface area contributed by atoms with E-state index in [9.17, 15) is 5.11 Å². The van der Waals surface area contributed by atoms with Gasteiger partial charge in [-0.25, -0.2) is 9.07 Å². The van der Waals surface area contributed by atoms with Crippen LogP contribution < -0.4 is 0 Å². The predicted octanol–water partition coefficient (Wildman–Crippen LogP) is 5.68. The number of nitrogens with zero attached hydrogens (tertiary/aromatic N) is 5. The lowest BCUT2D eigenvalue weighted by molar-refractivity contribution is 0.0552. The third kappa shape index (κ3) is 4.08. The number of ether oxygens (including phenoxy) is 1. The van der Waals surface area contributed by atoms with Crippen molar-refractivity contribution in [2.24, 2.45) is 13.0 Å². The zero-order chi connectivity index (χ0) is 26.6. The first-order valence-electron chi connectivity index (χ1n) is 13.1. The molecule has 4 heterocycles. The van der Waals surface area contributed by atoms with Crippen LogP contribution in [-0.2, 0) is 17.4 Å². The van der Waals surface area contributed by atoms with Crippen molar-refractivity contribution < 1.29 is 14.2 Å². The molecule has 0 saturated carbocycles. The summed E-state index contributed by atoms with van der Waals surface area (Å²) in [6.45, 7) is 6.77.